The maximum Gasteiger partial charge on any atom is 0.310 e. The van der Waals surface area contributed by atoms with Crippen molar-refractivity contribution < 1.29 is 34.1 Å². The Bertz CT molecular complexity index is 345. The van der Waals surface area contributed by atoms with Crippen LogP contribution in [0.5, 0.6) is 0 Å². The highest BCUT2D eigenvalue weighted by Crippen LogP contribution is 2.19. The second-order valence-electron chi connectivity index (χ2n) is 4.76. The minimum atomic E-state index is -0.871. The Morgan fingerprint density at radius 3 is 2.55 bits per heavy atom. The Labute approximate surface area is 116 Å². The number of carboxylic acid groups (broad SMARTS) is 1. The number of ether oxygens (including phenoxy) is 2. The molecule has 20 heavy (non-hydrogen) atoms. The molecular weight excluding hydrogens is 268 g/mol. The maximum absolute atomic E-state index is 11.3. The molecule has 0 aromatic heterocycles. The average molecular weight is 288 g/mol. The van der Waals surface area contributed by atoms with Gasteiger partial charge in [0, 0.05) is 12.8 Å². The molecule has 1 saturated heterocycles. The van der Waals surface area contributed by atoms with E-state index in [-0.39, 0.29) is 37.8 Å². The summed E-state index contributed by atoms with van der Waals surface area (Å²) in [5.41, 5.74) is 0. The fourth-order valence-electron chi connectivity index (χ4n) is 1.82. The van der Waals surface area contributed by atoms with Gasteiger partial charge in [-0.1, -0.05) is 0 Å². The molecule has 1 aliphatic heterocycles. The Balaban J connectivity index is 1.93. The van der Waals surface area contributed by atoms with Crippen LogP contribution < -0.4 is 0 Å². The zero-order valence-corrected chi connectivity index (χ0v) is 11.2. The lowest BCUT2D eigenvalue weighted by molar-refractivity contribution is -0.180. The Kier molecular flexibility index (Phi) is 7.00. The number of esters is 2. The van der Waals surface area contributed by atoms with Crippen molar-refractivity contribution >= 4 is 17.9 Å². The molecule has 0 radical (unpaired) electrons. The van der Waals surface area contributed by atoms with Gasteiger partial charge in [0.05, 0.1) is 19.1 Å². The van der Waals surface area contributed by atoms with Crippen molar-refractivity contribution in [2.45, 2.75) is 57.2 Å². The van der Waals surface area contributed by atoms with Gasteiger partial charge >= 0.3 is 17.9 Å². The van der Waals surface area contributed by atoms with Crippen LogP contribution in [0.1, 0.15) is 44.9 Å². The van der Waals surface area contributed by atoms with Crippen LogP contribution in [0.3, 0.4) is 0 Å². The van der Waals surface area contributed by atoms with Crippen molar-refractivity contribution in [2.24, 2.45) is 0 Å². The Hall–Kier alpha value is -1.63. The molecule has 0 spiro atoms. The molecule has 1 heterocycles. The van der Waals surface area contributed by atoms with E-state index in [0.717, 1.165) is 0 Å². The summed E-state index contributed by atoms with van der Waals surface area (Å²) < 4.78 is 9.67. The van der Waals surface area contributed by atoms with Gasteiger partial charge in [0.2, 0.25) is 0 Å². The smallest absolute Gasteiger partial charge is 0.310 e. The number of cyclic esters (lactones) is 1. The molecule has 0 saturated carbocycles. The van der Waals surface area contributed by atoms with E-state index in [4.69, 9.17) is 14.6 Å². The third kappa shape index (κ3) is 6.51. The molecule has 1 aliphatic rings. The highest BCUT2D eigenvalue weighted by Gasteiger charge is 2.34. The van der Waals surface area contributed by atoms with E-state index >= 15 is 0 Å². The van der Waals surface area contributed by atoms with Gasteiger partial charge in [0.15, 0.2) is 0 Å². The molecule has 0 bridgehead atoms. The zero-order chi connectivity index (χ0) is 15.0. The summed E-state index contributed by atoms with van der Waals surface area (Å²) in [4.78, 5) is 32.1. The molecule has 7 heteroatoms. The van der Waals surface area contributed by atoms with E-state index in [0.29, 0.717) is 25.7 Å². The molecule has 2 N–H and O–H groups in total. The van der Waals surface area contributed by atoms with E-state index in [9.17, 15) is 19.5 Å². The number of carboxylic acids is 1. The van der Waals surface area contributed by atoms with Gasteiger partial charge in [-0.15, -0.1) is 0 Å². The molecule has 0 aliphatic carbocycles. The molecule has 2 atom stereocenters. The molecule has 0 amide bonds. The number of carbonyl (C=O) groups excluding carboxylic acids is 2. The third-order valence-electron chi connectivity index (χ3n) is 3.01. The van der Waals surface area contributed by atoms with Gasteiger partial charge in [-0.3, -0.25) is 14.4 Å². The first kappa shape index (κ1) is 16.4. The quantitative estimate of drug-likeness (QED) is 0.448. The number of aliphatic hydroxyl groups is 1. The van der Waals surface area contributed by atoms with Crippen LogP contribution in [0.15, 0.2) is 0 Å². The van der Waals surface area contributed by atoms with E-state index in [1.165, 1.54) is 0 Å². The van der Waals surface area contributed by atoms with Crippen LogP contribution in [0.4, 0.5) is 0 Å². The minimum absolute atomic E-state index is 0.0551. The summed E-state index contributed by atoms with van der Waals surface area (Å²) in [7, 11) is 0. The first-order chi connectivity index (χ1) is 9.49. The largest absolute Gasteiger partial charge is 0.481 e. The molecule has 2 unspecified atom stereocenters. The van der Waals surface area contributed by atoms with Gasteiger partial charge in [-0.05, 0) is 25.7 Å². The zero-order valence-electron chi connectivity index (χ0n) is 11.2. The second-order valence-corrected chi connectivity index (χ2v) is 4.76. The van der Waals surface area contributed by atoms with Crippen molar-refractivity contribution in [2.75, 3.05) is 6.61 Å². The van der Waals surface area contributed by atoms with Crippen LogP contribution in [-0.2, 0) is 23.9 Å². The monoisotopic (exact) mass is 288 g/mol. The second kappa shape index (κ2) is 8.52. The Morgan fingerprint density at radius 2 is 1.95 bits per heavy atom. The SMILES string of the molecule is O=C(O)CCCCC(=O)OCCCC(O)C1CC(=O)O1. The lowest BCUT2D eigenvalue weighted by Gasteiger charge is -2.29. The van der Waals surface area contributed by atoms with Gasteiger partial charge in [0.25, 0.3) is 0 Å². The fourth-order valence-corrected chi connectivity index (χ4v) is 1.82. The summed E-state index contributed by atoms with van der Waals surface area (Å²) in [6.07, 6.45) is 1.22. The summed E-state index contributed by atoms with van der Waals surface area (Å²) in [5, 5.41) is 18.0. The van der Waals surface area contributed by atoms with Crippen molar-refractivity contribution in [1.82, 2.24) is 0 Å². The van der Waals surface area contributed by atoms with Crippen molar-refractivity contribution in [3.63, 3.8) is 0 Å². The van der Waals surface area contributed by atoms with Gasteiger partial charge < -0.3 is 19.7 Å². The molecule has 114 valence electrons. The fraction of sp³-hybridized carbons (Fsp3) is 0.769. The molecule has 1 rings (SSSR count). The van der Waals surface area contributed by atoms with Crippen LogP contribution in [0.2, 0.25) is 0 Å². The highest BCUT2D eigenvalue weighted by atomic mass is 16.6. The first-order valence-corrected chi connectivity index (χ1v) is 6.74. The topological polar surface area (TPSA) is 110 Å². The molecule has 0 aromatic rings. The molecule has 1 fully saturated rings. The standard InChI is InChI=1S/C13H20O7/c14-9(10-8-13(18)20-10)4-3-7-19-12(17)6-2-1-5-11(15)16/h9-10,14H,1-8H2,(H,15,16). The Morgan fingerprint density at radius 1 is 1.30 bits per heavy atom. The van der Waals surface area contributed by atoms with Crippen LogP contribution in [-0.4, -0.2) is 46.9 Å². The van der Waals surface area contributed by atoms with Crippen LogP contribution in [0, 0.1) is 0 Å². The normalized spacial score (nSPS) is 18.9. The molecular formula is C13H20O7. The van der Waals surface area contributed by atoms with Gasteiger partial charge in [-0.25, -0.2) is 0 Å². The first-order valence-electron chi connectivity index (χ1n) is 6.74. The number of carbonyl (C=O) groups is 3. The van der Waals surface area contributed by atoms with E-state index in [1.807, 2.05) is 0 Å². The van der Waals surface area contributed by atoms with Gasteiger partial charge in [-0.2, -0.15) is 0 Å². The predicted octanol–water partition coefficient (Wildman–Crippen LogP) is 0.631. The number of rotatable bonds is 10. The van der Waals surface area contributed by atoms with Crippen molar-refractivity contribution in [1.29, 1.82) is 0 Å². The third-order valence-corrected chi connectivity index (χ3v) is 3.01. The summed E-state index contributed by atoms with van der Waals surface area (Å²) in [6, 6.07) is 0. The molecule has 7 nitrogen and oxygen atoms in total. The van der Waals surface area contributed by atoms with Crippen LogP contribution >= 0.6 is 0 Å². The van der Waals surface area contributed by atoms with Crippen LogP contribution in [0.25, 0.3) is 0 Å². The number of hydrogen-bond acceptors (Lipinski definition) is 6. The number of hydrogen-bond donors (Lipinski definition) is 2. The van der Waals surface area contributed by atoms with E-state index < -0.39 is 18.2 Å². The number of aliphatic hydroxyl groups excluding tert-OH is 1. The summed E-state index contributed by atoms with van der Waals surface area (Å²) in [5.74, 6) is -1.54. The van der Waals surface area contributed by atoms with Crippen molar-refractivity contribution in [3.05, 3.63) is 0 Å². The number of unbranched alkanes of at least 4 members (excludes halogenated alkanes) is 1. The van der Waals surface area contributed by atoms with E-state index in [1.54, 1.807) is 0 Å². The number of aliphatic carboxylic acids is 1. The van der Waals surface area contributed by atoms with E-state index in [2.05, 4.69) is 0 Å². The van der Waals surface area contributed by atoms with Gasteiger partial charge in [0.1, 0.15) is 6.10 Å². The summed E-state index contributed by atoms with van der Waals surface area (Å²) >= 11 is 0. The lowest BCUT2D eigenvalue weighted by atomic mass is 10.0. The highest BCUT2D eigenvalue weighted by molar-refractivity contribution is 5.75. The maximum atomic E-state index is 11.3. The summed E-state index contributed by atoms with van der Waals surface area (Å²) in [6.45, 7) is 0.204. The average Bonchev–Trinajstić information content (AvgIpc) is 2.35. The molecule has 0 aromatic carbocycles. The minimum Gasteiger partial charge on any atom is -0.481 e. The lowest BCUT2D eigenvalue weighted by Crippen LogP contribution is -2.42. The van der Waals surface area contributed by atoms with Crippen molar-refractivity contribution in [3.8, 4) is 0 Å². The predicted molar refractivity (Wildman–Crippen MR) is 66.8 cm³/mol.